The third-order valence-corrected chi connectivity index (χ3v) is 3.52. The van der Waals surface area contributed by atoms with Crippen LogP contribution in [0, 0.1) is 0 Å². The van der Waals surface area contributed by atoms with Crippen molar-refractivity contribution in [3.63, 3.8) is 0 Å². The van der Waals surface area contributed by atoms with Crippen molar-refractivity contribution in [1.82, 2.24) is 10.3 Å². The number of aromatic amines is 1. The van der Waals surface area contributed by atoms with Crippen LogP contribution in [0.15, 0.2) is 30.5 Å². The molecular weight excluding hydrogens is 264 g/mol. The summed E-state index contributed by atoms with van der Waals surface area (Å²) in [5, 5.41) is 4.19. The van der Waals surface area contributed by atoms with Gasteiger partial charge >= 0.3 is 0 Å². The summed E-state index contributed by atoms with van der Waals surface area (Å²) in [6.07, 6.45) is 5.30. The monoisotopic (exact) mass is 288 g/mol. The zero-order valence-corrected chi connectivity index (χ0v) is 12.7. The minimum atomic E-state index is 0.131. The molecule has 0 spiro atoms. The summed E-state index contributed by atoms with van der Waals surface area (Å²) in [5.41, 5.74) is 2.45. The van der Waals surface area contributed by atoms with Crippen molar-refractivity contribution in [2.75, 3.05) is 19.8 Å². The number of carbonyl (C=O) groups excluding carboxylic acids is 1. The average Bonchev–Trinajstić information content (AvgIpc) is 2.91. The van der Waals surface area contributed by atoms with E-state index >= 15 is 0 Å². The third kappa shape index (κ3) is 4.90. The van der Waals surface area contributed by atoms with Crippen LogP contribution in [0.4, 0.5) is 0 Å². The number of amides is 1. The normalized spacial score (nSPS) is 10.9. The first-order valence-electron chi connectivity index (χ1n) is 7.70. The molecule has 1 aromatic heterocycles. The lowest BCUT2D eigenvalue weighted by molar-refractivity contribution is -0.121. The summed E-state index contributed by atoms with van der Waals surface area (Å²) in [6, 6.07) is 8.27. The third-order valence-electron chi connectivity index (χ3n) is 3.52. The minimum Gasteiger partial charge on any atom is -0.382 e. The molecule has 0 aliphatic carbocycles. The molecule has 0 aliphatic heterocycles. The van der Waals surface area contributed by atoms with Crippen LogP contribution in [-0.2, 0) is 16.0 Å². The van der Waals surface area contributed by atoms with E-state index in [2.05, 4.69) is 22.4 Å². The van der Waals surface area contributed by atoms with E-state index in [4.69, 9.17) is 4.74 Å². The van der Waals surface area contributed by atoms with E-state index in [9.17, 15) is 4.79 Å². The van der Waals surface area contributed by atoms with Gasteiger partial charge in [-0.15, -0.1) is 0 Å². The molecule has 0 bridgehead atoms. The number of aryl methyl sites for hydroxylation is 1. The summed E-state index contributed by atoms with van der Waals surface area (Å²) in [5.74, 6) is 0.131. The molecule has 4 nitrogen and oxygen atoms in total. The minimum absolute atomic E-state index is 0.131. The van der Waals surface area contributed by atoms with Gasteiger partial charge in [-0.3, -0.25) is 4.79 Å². The first-order chi connectivity index (χ1) is 10.3. The summed E-state index contributed by atoms with van der Waals surface area (Å²) in [6.45, 7) is 4.12. The van der Waals surface area contributed by atoms with Crippen LogP contribution in [0.3, 0.4) is 0 Å². The van der Waals surface area contributed by atoms with Crippen molar-refractivity contribution in [2.45, 2.75) is 32.6 Å². The Morgan fingerprint density at radius 3 is 3.00 bits per heavy atom. The first-order valence-corrected chi connectivity index (χ1v) is 7.70. The fraction of sp³-hybridized carbons (Fsp3) is 0.471. The summed E-state index contributed by atoms with van der Waals surface area (Å²) >= 11 is 0. The molecule has 1 amide bonds. The molecule has 0 atom stereocenters. The molecule has 114 valence electrons. The molecule has 1 aromatic carbocycles. The van der Waals surface area contributed by atoms with Gasteiger partial charge in [0.25, 0.3) is 0 Å². The number of benzene rings is 1. The van der Waals surface area contributed by atoms with Gasteiger partial charge in [0, 0.05) is 43.3 Å². The van der Waals surface area contributed by atoms with E-state index in [0.29, 0.717) is 19.6 Å². The summed E-state index contributed by atoms with van der Waals surface area (Å²) < 4.78 is 5.23. The predicted molar refractivity (Wildman–Crippen MR) is 85.4 cm³/mol. The molecule has 2 aromatic rings. The van der Waals surface area contributed by atoms with E-state index in [0.717, 1.165) is 31.4 Å². The van der Waals surface area contributed by atoms with Gasteiger partial charge in [0.1, 0.15) is 0 Å². The van der Waals surface area contributed by atoms with Crippen LogP contribution >= 0.6 is 0 Å². The fourth-order valence-corrected chi connectivity index (χ4v) is 2.41. The number of aromatic nitrogens is 1. The van der Waals surface area contributed by atoms with E-state index in [1.165, 1.54) is 10.9 Å². The van der Waals surface area contributed by atoms with E-state index < -0.39 is 0 Å². The Morgan fingerprint density at radius 2 is 2.14 bits per heavy atom. The standard InChI is InChI=1S/C17H24N2O2/c1-2-21-12-6-11-18-17(20)10-5-7-14-13-19-16-9-4-3-8-15(14)16/h3-4,8-9,13,19H,2,5-7,10-12H2,1H3,(H,18,20). The summed E-state index contributed by atoms with van der Waals surface area (Å²) in [4.78, 5) is 15.0. The number of ether oxygens (including phenoxy) is 1. The SMILES string of the molecule is CCOCCCNC(=O)CCCc1c[nH]c2ccccc12. The molecule has 1 heterocycles. The Morgan fingerprint density at radius 1 is 1.29 bits per heavy atom. The predicted octanol–water partition coefficient (Wildman–Crippen LogP) is 3.03. The molecule has 4 heteroatoms. The molecule has 0 aliphatic rings. The van der Waals surface area contributed by atoms with Crippen molar-refractivity contribution < 1.29 is 9.53 Å². The zero-order chi connectivity index (χ0) is 14.9. The summed E-state index contributed by atoms with van der Waals surface area (Å²) in [7, 11) is 0. The van der Waals surface area contributed by atoms with Crippen LogP contribution < -0.4 is 5.32 Å². The molecular formula is C17H24N2O2. The topological polar surface area (TPSA) is 54.1 Å². The molecule has 2 rings (SSSR count). The highest BCUT2D eigenvalue weighted by molar-refractivity contribution is 5.83. The number of rotatable bonds is 9. The molecule has 0 saturated carbocycles. The van der Waals surface area contributed by atoms with Crippen molar-refractivity contribution in [1.29, 1.82) is 0 Å². The maximum atomic E-state index is 11.7. The maximum absolute atomic E-state index is 11.7. The second-order valence-corrected chi connectivity index (χ2v) is 5.11. The Kier molecular flexibility index (Phi) is 6.28. The van der Waals surface area contributed by atoms with Crippen molar-refractivity contribution in [3.05, 3.63) is 36.0 Å². The lowest BCUT2D eigenvalue weighted by Gasteiger charge is -2.05. The average molecular weight is 288 g/mol. The smallest absolute Gasteiger partial charge is 0.220 e. The van der Waals surface area contributed by atoms with Gasteiger partial charge in [-0.2, -0.15) is 0 Å². The quantitative estimate of drug-likeness (QED) is 0.697. The second-order valence-electron chi connectivity index (χ2n) is 5.11. The van der Waals surface area contributed by atoms with Crippen molar-refractivity contribution >= 4 is 16.8 Å². The maximum Gasteiger partial charge on any atom is 0.220 e. The number of hydrogen-bond acceptors (Lipinski definition) is 2. The molecule has 21 heavy (non-hydrogen) atoms. The van der Waals surface area contributed by atoms with Gasteiger partial charge in [0.15, 0.2) is 0 Å². The van der Waals surface area contributed by atoms with E-state index in [1.807, 2.05) is 25.3 Å². The fourth-order valence-electron chi connectivity index (χ4n) is 2.41. The number of carbonyl (C=O) groups is 1. The number of fused-ring (bicyclic) bond motifs is 1. The molecule has 0 radical (unpaired) electrons. The highest BCUT2D eigenvalue weighted by Gasteiger charge is 2.05. The van der Waals surface area contributed by atoms with Crippen LogP contribution in [0.5, 0.6) is 0 Å². The van der Waals surface area contributed by atoms with Crippen LogP contribution in [0.2, 0.25) is 0 Å². The Bertz CT molecular complexity index is 563. The van der Waals surface area contributed by atoms with Gasteiger partial charge in [-0.05, 0) is 37.8 Å². The molecule has 0 unspecified atom stereocenters. The number of H-pyrrole nitrogens is 1. The Balaban J connectivity index is 1.66. The first kappa shape index (κ1) is 15.6. The van der Waals surface area contributed by atoms with E-state index in [1.54, 1.807) is 0 Å². The van der Waals surface area contributed by atoms with Crippen LogP contribution in [0.25, 0.3) is 10.9 Å². The second kappa shape index (κ2) is 8.47. The van der Waals surface area contributed by atoms with Crippen molar-refractivity contribution in [2.24, 2.45) is 0 Å². The molecule has 2 N–H and O–H groups in total. The molecule has 0 fully saturated rings. The highest BCUT2D eigenvalue weighted by atomic mass is 16.5. The van der Waals surface area contributed by atoms with Crippen LogP contribution in [-0.4, -0.2) is 30.6 Å². The number of nitrogens with one attached hydrogen (secondary N) is 2. The van der Waals surface area contributed by atoms with Gasteiger partial charge in [0.05, 0.1) is 0 Å². The molecule has 0 saturated heterocycles. The van der Waals surface area contributed by atoms with Crippen LogP contribution in [0.1, 0.15) is 31.7 Å². The van der Waals surface area contributed by atoms with Gasteiger partial charge < -0.3 is 15.0 Å². The highest BCUT2D eigenvalue weighted by Crippen LogP contribution is 2.19. The lowest BCUT2D eigenvalue weighted by atomic mass is 10.1. The van der Waals surface area contributed by atoms with Crippen molar-refractivity contribution in [3.8, 4) is 0 Å². The van der Waals surface area contributed by atoms with Gasteiger partial charge in [-0.1, -0.05) is 18.2 Å². The van der Waals surface area contributed by atoms with Gasteiger partial charge in [-0.25, -0.2) is 0 Å². The number of hydrogen-bond donors (Lipinski definition) is 2. The number of para-hydroxylation sites is 1. The zero-order valence-electron chi connectivity index (χ0n) is 12.7. The Labute approximate surface area is 125 Å². The lowest BCUT2D eigenvalue weighted by Crippen LogP contribution is -2.25. The van der Waals surface area contributed by atoms with Gasteiger partial charge in [0.2, 0.25) is 5.91 Å². The largest absolute Gasteiger partial charge is 0.382 e. The van der Waals surface area contributed by atoms with E-state index in [-0.39, 0.29) is 5.91 Å². The Hall–Kier alpha value is -1.81.